The third-order valence-corrected chi connectivity index (χ3v) is 13.5. The molecule has 0 saturated carbocycles. The normalized spacial score (nSPS) is 12.2. The van der Waals surface area contributed by atoms with Gasteiger partial charge in [-0.05, 0) is 118 Å². The first-order valence-electron chi connectivity index (χ1n) is 24.8. The molecule has 0 unspecified atom stereocenters. The fraction of sp³-hybridized carbons (Fsp3) is 0.0725. The van der Waals surface area contributed by atoms with Crippen LogP contribution in [0.4, 0.5) is 17.1 Å². The van der Waals surface area contributed by atoms with Gasteiger partial charge in [0.05, 0.1) is 5.41 Å². The van der Waals surface area contributed by atoms with E-state index in [9.17, 15) is 0 Å². The highest BCUT2D eigenvalue weighted by Gasteiger charge is 2.46. The van der Waals surface area contributed by atoms with Crippen molar-refractivity contribution in [2.45, 2.75) is 33.1 Å². The van der Waals surface area contributed by atoms with Crippen molar-refractivity contribution >= 4 is 39.0 Å². The summed E-state index contributed by atoms with van der Waals surface area (Å²) in [6.45, 7) is 8.00. The second-order valence-electron chi connectivity index (χ2n) is 17.4. The number of furan rings is 1. The van der Waals surface area contributed by atoms with Gasteiger partial charge in [-0.15, -0.1) is 0 Å². The Hall–Kier alpha value is -8.72. The maximum absolute atomic E-state index is 6.44. The first-order valence-corrected chi connectivity index (χ1v) is 24.8. The van der Waals surface area contributed by atoms with Crippen molar-refractivity contribution in [2.24, 2.45) is 0 Å². The monoisotopic (exact) mass is 915 g/mol. The fourth-order valence-corrected chi connectivity index (χ4v) is 10.4. The van der Waals surface area contributed by atoms with Crippen LogP contribution in [-0.4, -0.2) is 0 Å². The van der Waals surface area contributed by atoms with Crippen molar-refractivity contribution in [1.82, 2.24) is 0 Å². The number of para-hydroxylation sites is 2. The fourth-order valence-electron chi connectivity index (χ4n) is 10.4. The quantitative estimate of drug-likeness (QED) is 0.134. The van der Waals surface area contributed by atoms with Gasteiger partial charge in [0.2, 0.25) is 0 Å². The minimum Gasteiger partial charge on any atom is -0.455 e. The molecule has 1 aromatic heterocycles. The van der Waals surface area contributed by atoms with Gasteiger partial charge in [0.25, 0.3) is 0 Å². The minimum atomic E-state index is -0.449. The molecule has 0 aliphatic heterocycles. The van der Waals surface area contributed by atoms with Gasteiger partial charge in [-0.25, -0.2) is 0 Å². The Morgan fingerprint density at radius 2 is 0.775 bits per heavy atom. The van der Waals surface area contributed by atoms with E-state index in [0.29, 0.717) is 0 Å². The van der Waals surface area contributed by atoms with E-state index in [4.69, 9.17) is 4.42 Å². The summed E-state index contributed by atoms with van der Waals surface area (Å²) < 4.78 is 6.44. The van der Waals surface area contributed by atoms with Crippen LogP contribution in [0.2, 0.25) is 0 Å². The Balaban J connectivity index is 0.000000679. The molecule has 71 heavy (non-hydrogen) atoms. The third kappa shape index (κ3) is 8.60. The first kappa shape index (κ1) is 46.0. The molecule has 0 spiro atoms. The van der Waals surface area contributed by atoms with Crippen LogP contribution in [0.5, 0.6) is 0 Å². The lowest BCUT2D eigenvalue weighted by Crippen LogP contribution is -2.28. The topological polar surface area (TPSA) is 16.4 Å². The molecule has 0 radical (unpaired) electrons. The molecule has 11 aromatic rings. The summed E-state index contributed by atoms with van der Waals surface area (Å²) >= 11 is 0. The lowest BCUT2D eigenvalue weighted by atomic mass is 9.67. The van der Waals surface area contributed by atoms with E-state index in [1.807, 2.05) is 64.1 Å². The Kier molecular flexibility index (Phi) is 13.5. The van der Waals surface area contributed by atoms with Crippen LogP contribution in [0.15, 0.2) is 277 Å². The molecular weight excluding hydrogens is 859 g/mol. The van der Waals surface area contributed by atoms with E-state index in [1.165, 1.54) is 55.6 Å². The summed E-state index contributed by atoms with van der Waals surface area (Å²) in [6.07, 6.45) is 8.00. The van der Waals surface area contributed by atoms with Crippen molar-refractivity contribution in [1.29, 1.82) is 0 Å². The van der Waals surface area contributed by atoms with Crippen LogP contribution >= 0.6 is 0 Å². The van der Waals surface area contributed by atoms with Gasteiger partial charge < -0.3 is 9.32 Å². The Labute approximate surface area is 419 Å². The van der Waals surface area contributed by atoms with E-state index in [-0.39, 0.29) is 0 Å². The average Bonchev–Trinajstić information content (AvgIpc) is 3.99. The van der Waals surface area contributed by atoms with Gasteiger partial charge in [0.1, 0.15) is 11.2 Å². The number of allylic oxidation sites excluding steroid dienone is 4. The zero-order valence-corrected chi connectivity index (χ0v) is 40.8. The van der Waals surface area contributed by atoms with Gasteiger partial charge in [0.15, 0.2) is 0 Å². The van der Waals surface area contributed by atoms with E-state index >= 15 is 0 Å². The summed E-state index contributed by atoms with van der Waals surface area (Å²) in [5.74, 6) is 0. The third-order valence-electron chi connectivity index (χ3n) is 13.5. The van der Waals surface area contributed by atoms with E-state index in [0.717, 1.165) is 50.1 Å². The van der Waals surface area contributed by atoms with Crippen LogP contribution < -0.4 is 4.90 Å². The molecule has 2 nitrogen and oxygen atoms in total. The van der Waals surface area contributed by atoms with E-state index in [1.54, 1.807) is 0 Å². The number of hydrogen-bond acceptors (Lipinski definition) is 2. The highest BCUT2D eigenvalue weighted by Crippen LogP contribution is 2.58. The molecule has 12 rings (SSSR count). The van der Waals surface area contributed by atoms with Gasteiger partial charge in [-0.2, -0.15) is 0 Å². The molecule has 1 aliphatic carbocycles. The molecular formula is C69H57NO. The Bertz CT molecular complexity index is 3540. The lowest BCUT2D eigenvalue weighted by molar-refractivity contribution is 0.670. The predicted octanol–water partition coefficient (Wildman–Crippen LogP) is 19.6. The molecule has 0 atom stereocenters. The van der Waals surface area contributed by atoms with Crippen LogP contribution in [0, 0.1) is 0 Å². The largest absolute Gasteiger partial charge is 0.455 e. The predicted molar refractivity (Wildman–Crippen MR) is 303 cm³/mol. The zero-order valence-electron chi connectivity index (χ0n) is 40.8. The van der Waals surface area contributed by atoms with E-state index < -0.39 is 5.41 Å². The number of rotatable bonds is 9. The van der Waals surface area contributed by atoms with Crippen LogP contribution in [0.1, 0.15) is 49.9 Å². The van der Waals surface area contributed by atoms with Crippen molar-refractivity contribution < 1.29 is 4.42 Å². The van der Waals surface area contributed by atoms with Crippen molar-refractivity contribution in [2.75, 3.05) is 4.90 Å². The number of anilines is 3. The minimum absolute atomic E-state index is 0.449. The summed E-state index contributed by atoms with van der Waals surface area (Å²) in [5, 5.41) is 2.27. The summed E-state index contributed by atoms with van der Waals surface area (Å²) in [4.78, 5) is 2.35. The number of nitrogens with zero attached hydrogens (tertiary/aromatic N) is 1. The molecule has 1 heterocycles. The summed E-state index contributed by atoms with van der Waals surface area (Å²) in [6, 6.07) is 90.1. The van der Waals surface area contributed by atoms with Crippen LogP contribution in [0.25, 0.3) is 66.4 Å². The molecule has 344 valence electrons. The van der Waals surface area contributed by atoms with Gasteiger partial charge in [-0.1, -0.05) is 244 Å². The van der Waals surface area contributed by atoms with Gasteiger partial charge in [-0.3, -0.25) is 0 Å². The molecule has 0 amide bonds. The molecule has 0 fully saturated rings. The molecule has 0 bridgehead atoms. The maximum Gasteiger partial charge on any atom is 0.143 e. The molecule has 2 heteroatoms. The lowest BCUT2D eigenvalue weighted by Gasteiger charge is -2.34. The number of fused-ring (bicyclic) bond motifs is 6. The molecule has 1 aliphatic rings. The zero-order chi connectivity index (χ0) is 48.6. The van der Waals surface area contributed by atoms with Crippen LogP contribution in [0.3, 0.4) is 0 Å². The summed E-state index contributed by atoms with van der Waals surface area (Å²) in [7, 11) is 0. The molecule has 0 saturated heterocycles. The second kappa shape index (κ2) is 20.9. The molecule has 0 N–H and O–H groups in total. The van der Waals surface area contributed by atoms with Gasteiger partial charge >= 0.3 is 0 Å². The SMILES string of the molecule is C/C=C\C=C/C.CC.c1ccc(-c2ccc(N(c3ccc(-c4cccc5c4-c4ccccc4C5(c4ccccc4)c4ccccc4)cc3)c3ccc(-c4cccc5c4oc4ccccc45)cc3)cc2)cc1. The summed E-state index contributed by atoms with van der Waals surface area (Å²) in [5.41, 5.74) is 19.3. The standard InChI is InChI=1S/C61H41NO.C6H10.C2H6/c1-4-16-42(17-5-1)43-30-36-48(37-31-43)62(50-40-34-45(35-41-50)52-25-14-26-54-53-22-11-13-29-58(53)63-60(52)54)49-38-32-44(33-39-49)51-24-15-28-57-59(51)55-23-10-12-27-56(55)61(57,46-18-6-2-7-19-46)47-20-8-3-9-21-47;1-3-5-6-4-2;1-2/h1-41H;3-6H,1-2H3;1-2H3/b;5-3-,6-4-;. The van der Waals surface area contributed by atoms with E-state index in [2.05, 4.69) is 241 Å². The average molecular weight is 916 g/mol. The van der Waals surface area contributed by atoms with Gasteiger partial charge in [0, 0.05) is 33.4 Å². The second-order valence-corrected chi connectivity index (χ2v) is 17.4. The van der Waals surface area contributed by atoms with Crippen molar-refractivity contribution in [3.8, 4) is 44.5 Å². The molecule has 10 aromatic carbocycles. The van der Waals surface area contributed by atoms with Crippen LogP contribution in [-0.2, 0) is 5.41 Å². The van der Waals surface area contributed by atoms with Crippen molar-refractivity contribution in [3.05, 3.63) is 295 Å². The number of hydrogen-bond donors (Lipinski definition) is 0. The first-order chi connectivity index (χ1) is 35.2. The maximum atomic E-state index is 6.44. The van der Waals surface area contributed by atoms with Crippen molar-refractivity contribution in [3.63, 3.8) is 0 Å². The highest BCUT2D eigenvalue weighted by atomic mass is 16.3. The highest BCUT2D eigenvalue weighted by molar-refractivity contribution is 6.09. The number of benzene rings is 10. The Morgan fingerprint density at radius 3 is 1.37 bits per heavy atom. The Morgan fingerprint density at radius 1 is 0.352 bits per heavy atom. The smallest absolute Gasteiger partial charge is 0.143 e.